The number of aliphatic hydroxyl groups is 1. The maximum absolute atomic E-state index is 11.9. The van der Waals surface area contributed by atoms with E-state index in [1.54, 1.807) is 34.9 Å². The molecule has 1 aromatic heterocycles. The van der Waals surface area contributed by atoms with E-state index in [1.165, 1.54) is 0 Å². The van der Waals surface area contributed by atoms with Gasteiger partial charge in [-0.25, -0.2) is 4.79 Å². The molecule has 29 heavy (non-hydrogen) atoms. The van der Waals surface area contributed by atoms with Gasteiger partial charge in [-0.2, -0.15) is 0 Å². The zero-order valence-corrected chi connectivity index (χ0v) is 18.2. The molecule has 2 aliphatic heterocycles. The molecule has 4 rings (SSSR count). The molecule has 0 radical (unpaired) electrons. The van der Waals surface area contributed by atoms with Crippen LogP contribution in [0.3, 0.4) is 0 Å². The number of amides is 1. The normalized spacial score (nSPS) is 23.5. The van der Waals surface area contributed by atoms with Crippen LogP contribution in [0.4, 0.5) is 4.79 Å². The molecule has 6 nitrogen and oxygen atoms in total. The maximum atomic E-state index is 11.9. The lowest BCUT2D eigenvalue weighted by Gasteiger charge is -2.22. The minimum absolute atomic E-state index is 0.268. The number of hydrogen-bond acceptors (Lipinski definition) is 7. The van der Waals surface area contributed by atoms with Gasteiger partial charge in [-0.15, -0.1) is 11.3 Å². The lowest BCUT2D eigenvalue weighted by atomic mass is 10.0. The molecular formula is C21H25NO5S2. The van der Waals surface area contributed by atoms with Gasteiger partial charge in [-0.05, 0) is 38.1 Å². The van der Waals surface area contributed by atoms with Crippen molar-refractivity contribution >= 4 is 29.2 Å². The summed E-state index contributed by atoms with van der Waals surface area (Å²) in [6.45, 7) is 6.05. The monoisotopic (exact) mass is 435 g/mol. The average molecular weight is 436 g/mol. The highest BCUT2D eigenvalue weighted by Gasteiger charge is 2.41. The fourth-order valence-electron chi connectivity index (χ4n) is 3.61. The second-order valence-corrected chi connectivity index (χ2v) is 9.75. The topological polar surface area (TPSA) is 68.2 Å². The van der Waals surface area contributed by atoms with E-state index in [2.05, 4.69) is 12.1 Å². The molecule has 2 saturated heterocycles. The molecule has 2 fully saturated rings. The van der Waals surface area contributed by atoms with E-state index in [1.807, 2.05) is 31.2 Å². The van der Waals surface area contributed by atoms with Crippen molar-refractivity contribution in [3.05, 3.63) is 46.8 Å². The van der Waals surface area contributed by atoms with Gasteiger partial charge in [0.2, 0.25) is 0 Å². The van der Waals surface area contributed by atoms with Gasteiger partial charge in [-0.1, -0.05) is 23.9 Å². The Balaban J connectivity index is 1.41. The smallest absolute Gasteiger partial charge is 0.409 e. The van der Waals surface area contributed by atoms with Crippen LogP contribution in [0.5, 0.6) is 0 Å². The molecule has 8 heteroatoms. The van der Waals surface area contributed by atoms with Crippen molar-refractivity contribution < 1.29 is 24.1 Å². The lowest BCUT2D eigenvalue weighted by molar-refractivity contribution is -0.149. The van der Waals surface area contributed by atoms with Crippen molar-refractivity contribution in [3.8, 4) is 0 Å². The molecule has 3 heterocycles. The van der Waals surface area contributed by atoms with Crippen molar-refractivity contribution in [2.45, 2.75) is 40.8 Å². The van der Waals surface area contributed by atoms with Crippen LogP contribution < -0.4 is 0 Å². The molecule has 2 aromatic rings. The number of likely N-dealkylation sites (tertiary alicyclic amines) is 1. The van der Waals surface area contributed by atoms with Crippen molar-refractivity contribution in [2.75, 3.05) is 32.9 Å². The number of nitrogens with zero attached hydrogens (tertiary/aromatic N) is 1. The molecule has 1 atom stereocenters. The Morgan fingerprint density at radius 3 is 2.66 bits per heavy atom. The third-order valence-electron chi connectivity index (χ3n) is 5.25. The first-order valence-corrected chi connectivity index (χ1v) is 11.4. The summed E-state index contributed by atoms with van der Waals surface area (Å²) in [4.78, 5) is 15.5. The molecule has 0 aliphatic carbocycles. The van der Waals surface area contributed by atoms with Gasteiger partial charge in [0.15, 0.2) is 5.79 Å². The van der Waals surface area contributed by atoms with E-state index in [4.69, 9.17) is 14.2 Å². The summed E-state index contributed by atoms with van der Waals surface area (Å²) in [5.74, 6) is -0.657. The third-order valence-corrected chi connectivity index (χ3v) is 7.67. The fraction of sp³-hybridized carbons (Fsp3) is 0.476. The highest BCUT2D eigenvalue weighted by molar-refractivity contribution is 8.01. The zero-order valence-electron chi connectivity index (χ0n) is 16.6. The van der Waals surface area contributed by atoms with Crippen LogP contribution >= 0.6 is 23.1 Å². The number of thiophene rings is 1. The Morgan fingerprint density at radius 1 is 1.24 bits per heavy atom. The molecule has 1 aromatic carbocycles. The molecular weight excluding hydrogens is 410 g/mol. The van der Waals surface area contributed by atoms with E-state index in [9.17, 15) is 9.90 Å². The summed E-state index contributed by atoms with van der Waals surface area (Å²) in [6.07, 6.45) is 0.155. The molecule has 0 bridgehead atoms. The largest absolute Gasteiger partial charge is 0.450 e. The van der Waals surface area contributed by atoms with Gasteiger partial charge in [0, 0.05) is 28.3 Å². The minimum atomic E-state index is -1.01. The predicted octanol–water partition coefficient (Wildman–Crippen LogP) is 4.17. The number of ether oxygens (including phenoxy) is 3. The number of carbonyl (C=O) groups excluding carboxylic acids is 1. The lowest BCUT2D eigenvalue weighted by Crippen LogP contribution is -2.34. The number of benzene rings is 1. The van der Waals surface area contributed by atoms with E-state index >= 15 is 0 Å². The van der Waals surface area contributed by atoms with Crippen molar-refractivity contribution in [2.24, 2.45) is 0 Å². The number of rotatable bonds is 5. The third kappa shape index (κ3) is 4.32. The summed E-state index contributed by atoms with van der Waals surface area (Å²) in [5.41, 5.74) is -0.00297. The average Bonchev–Trinajstić information content (AvgIpc) is 3.44. The first-order valence-electron chi connectivity index (χ1n) is 9.72. The molecule has 1 amide bonds. The van der Waals surface area contributed by atoms with Crippen molar-refractivity contribution in [1.82, 2.24) is 4.90 Å². The van der Waals surface area contributed by atoms with Gasteiger partial charge in [0.05, 0.1) is 30.6 Å². The van der Waals surface area contributed by atoms with E-state index < -0.39 is 11.4 Å². The predicted molar refractivity (Wildman–Crippen MR) is 111 cm³/mol. The quantitative estimate of drug-likeness (QED) is 0.760. The first-order chi connectivity index (χ1) is 13.9. The number of carbonyl (C=O) groups is 1. The van der Waals surface area contributed by atoms with Crippen LogP contribution in [0.25, 0.3) is 0 Å². The summed E-state index contributed by atoms with van der Waals surface area (Å²) < 4.78 is 17.6. The van der Waals surface area contributed by atoms with Crippen molar-refractivity contribution in [3.63, 3.8) is 0 Å². The van der Waals surface area contributed by atoms with Crippen LogP contribution in [0.15, 0.2) is 45.5 Å². The molecule has 0 spiro atoms. The Kier molecular flexibility index (Phi) is 5.90. The molecule has 156 valence electrons. The van der Waals surface area contributed by atoms with Gasteiger partial charge in [-0.3, -0.25) is 0 Å². The van der Waals surface area contributed by atoms with E-state index in [0.29, 0.717) is 32.8 Å². The Labute approximate surface area is 178 Å². The van der Waals surface area contributed by atoms with E-state index in [0.717, 1.165) is 19.5 Å². The standard InChI is InChI=1S/C21H25NO5S2/c1-3-25-19(23)22-11-10-21(24,14-22)17-8-9-18(29-17)28-16-6-4-15(5-7-16)20(2)26-12-13-27-20/h4-9,24H,3,10-14H2,1-2H3. The highest BCUT2D eigenvalue weighted by Crippen LogP contribution is 2.41. The van der Waals surface area contributed by atoms with Crippen LogP contribution in [-0.2, 0) is 25.6 Å². The Morgan fingerprint density at radius 2 is 1.97 bits per heavy atom. The Hall–Kier alpha value is -1.58. The SMILES string of the molecule is CCOC(=O)N1CCC(O)(c2ccc(Sc3ccc(C4(C)OCCO4)cc3)s2)C1. The van der Waals surface area contributed by atoms with Gasteiger partial charge in [0.1, 0.15) is 5.60 Å². The van der Waals surface area contributed by atoms with Crippen LogP contribution in [-0.4, -0.2) is 49.0 Å². The molecule has 1 N–H and O–H groups in total. The molecule has 1 unspecified atom stereocenters. The van der Waals surface area contributed by atoms with Gasteiger partial charge < -0.3 is 24.2 Å². The van der Waals surface area contributed by atoms with E-state index in [-0.39, 0.29) is 12.6 Å². The molecule has 2 aliphatic rings. The van der Waals surface area contributed by atoms with Gasteiger partial charge >= 0.3 is 6.09 Å². The van der Waals surface area contributed by atoms with Crippen LogP contribution in [0.1, 0.15) is 30.7 Å². The summed E-state index contributed by atoms with van der Waals surface area (Å²) in [7, 11) is 0. The Bertz CT molecular complexity index is 862. The fourth-order valence-corrected chi connectivity index (χ4v) is 5.82. The summed E-state index contributed by atoms with van der Waals surface area (Å²) in [5, 5.41) is 11.0. The van der Waals surface area contributed by atoms with Crippen LogP contribution in [0, 0.1) is 0 Å². The highest BCUT2D eigenvalue weighted by atomic mass is 32.2. The zero-order chi connectivity index (χ0) is 20.5. The van der Waals surface area contributed by atoms with Crippen molar-refractivity contribution in [1.29, 1.82) is 0 Å². The van der Waals surface area contributed by atoms with Crippen LogP contribution in [0.2, 0.25) is 0 Å². The number of hydrogen-bond donors (Lipinski definition) is 1. The summed E-state index contributed by atoms with van der Waals surface area (Å²) >= 11 is 3.22. The number of β-amino-alcohol motifs (C(OH)–C–C–N with tert-alkyl or cyclic N) is 1. The maximum Gasteiger partial charge on any atom is 0.409 e. The minimum Gasteiger partial charge on any atom is -0.450 e. The first kappa shape index (κ1) is 20.7. The summed E-state index contributed by atoms with van der Waals surface area (Å²) in [6, 6.07) is 12.2. The second-order valence-electron chi connectivity index (χ2n) is 7.29. The molecule has 0 saturated carbocycles. The second kappa shape index (κ2) is 8.28. The van der Waals surface area contributed by atoms with Gasteiger partial charge in [0.25, 0.3) is 0 Å².